The second kappa shape index (κ2) is 7.15. The van der Waals surface area contributed by atoms with Gasteiger partial charge in [0, 0.05) is 17.1 Å². The number of thiophene rings is 1. The molecule has 0 radical (unpaired) electrons. The highest BCUT2D eigenvalue weighted by atomic mass is 32.2. The molecule has 1 aliphatic rings. The Morgan fingerprint density at radius 2 is 2.36 bits per heavy atom. The molecule has 3 heterocycles. The minimum Gasteiger partial charge on any atom is -0.465 e. The first-order valence-corrected chi connectivity index (χ1v) is 9.82. The molecule has 0 amide bonds. The topological polar surface area (TPSA) is 77.1 Å². The Morgan fingerprint density at radius 1 is 1.48 bits per heavy atom. The molecule has 1 aliphatic heterocycles. The van der Waals surface area contributed by atoms with Crippen LogP contribution in [0.15, 0.2) is 29.4 Å². The third kappa shape index (κ3) is 3.29. The van der Waals surface area contributed by atoms with Crippen molar-refractivity contribution in [2.45, 2.75) is 29.9 Å². The molecule has 130 valence electrons. The molecule has 8 heteroatoms. The smallest absolute Gasteiger partial charge is 0.348 e. The predicted molar refractivity (Wildman–Crippen MR) is 97.0 cm³/mol. The first kappa shape index (κ1) is 16.6. The average Bonchev–Trinajstić information content (AvgIpc) is 3.37. The van der Waals surface area contributed by atoms with Crippen LogP contribution in [-0.2, 0) is 15.2 Å². The molecule has 1 saturated heterocycles. The number of rotatable bonds is 5. The molecule has 1 aromatic carbocycles. The Labute approximate surface area is 152 Å². The summed E-state index contributed by atoms with van der Waals surface area (Å²) >= 11 is 2.97. The molecule has 3 aromatic rings. The van der Waals surface area contributed by atoms with Crippen LogP contribution in [0.5, 0.6) is 0 Å². The van der Waals surface area contributed by atoms with Crippen molar-refractivity contribution in [1.29, 1.82) is 0 Å². The summed E-state index contributed by atoms with van der Waals surface area (Å²) in [5.74, 6) is 1.09. The van der Waals surface area contributed by atoms with Crippen molar-refractivity contribution in [3.8, 4) is 0 Å². The summed E-state index contributed by atoms with van der Waals surface area (Å²) < 4.78 is 11.6. The summed E-state index contributed by atoms with van der Waals surface area (Å²) in [7, 11) is 1.41. The first-order valence-electron chi connectivity index (χ1n) is 8.01. The Hall–Kier alpha value is -1.90. The second-order valence-corrected chi connectivity index (χ2v) is 7.69. The van der Waals surface area contributed by atoms with Gasteiger partial charge in [0.1, 0.15) is 11.0 Å². The van der Waals surface area contributed by atoms with Crippen molar-refractivity contribution in [3.63, 3.8) is 0 Å². The van der Waals surface area contributed by atoms with E-state index in [1.54, 1.807) is 0 Å². The van der Waals surface area contributed by atoms with E-state index in [0.29, 0.717) is 15.8 Å². The summed E-state index contributed by atoms with van der Waals surface area (Å²) in [5.41, 5.74) is 0.973. The monoisotopic (exact) mass is 375 g/mol. The second-order valence-electron chi connectivity index (χ2n) is 5.69. The SMILES string of the molecule is COC(=O)c1sc2ccccc2c1CSc1n[nH]c(C2CCCO2)n1. The fourth-order valence-electron chi connectivity index (χ4n) is 2.90. The van der Waals surface area contributed by atoms with Crippen molar-refractivity contribution in [3.05, 3.63) is 40.5 Å². The zero-order valence-corrected chi connectivity index (χ0v) is 15.3. The van der Waals surface area contributed by atoms with E-state index in [1.807, 2.05) is 24.3 Å². The number of carbonyl (C=O) groups is 1. The number of methoxy groups -OCH3 is 1. The van der Waals surface area contributed by atoms with Gasteiger partial charge >= 0.3 is 5.97 Å². The van der Waals surface area contributed by atoms with E-state index in [0.717, 1.165) is 40.9 Å². The van der Waals surface area contributed by atoms with Crippen LogP contribution >= 0.6 is 23.1 Å². The van der Waals surface area contributed by atoms with Crippen molar-refractivity contribution in [2.24, 2.45) is 0 Å². The molecular formula is C17H17N3O3S2. The van der Waals surface area contributed by atoms with Crippen molar-refractivity contribution >= 4 is 39.2 Å². The summed E-state index contributed by atoms with van der Waals surface area (Å²) in [4.78, 5) is 17.3. The zero-order chi connectivity index (χ0) is 17.2. The fourth-order valence-corrected chi connectivity index (χ4v) is 4.97. The molecule has 25 heavy (non-hydrogen) atoms. The number of hydrogen-bond acceptors (Lipinski definition) is 7. The van der Waals surface area contributed by atoms with Gasteiger partial charge in [0.2, 0.25) is 5.16 Å². The molecule has 0 spiro atoms. The van der Waals surface area contributed by atoms with Crippen molar-refractivity contribution < 1.29 is 14.3 Å². The highest BCUT2D eigenvalue weighted by Crippen LogP contribution is 2.36. The van der Waals surface area contributed by atoms with Gasteiger partial charge in [-0.25, -0.2) is 9.78 Å². The quantitative estimate of drug-likeness (QED) is 0.537. The lowest BCUT2D eigenvalue weighted by atomic mass is 10.1. The van der Waals surface area contributed by atoms with Gasteiger partial charge in [-0.2, -0.15) is 0 Å². The predicted octanol–water partition coefficient (Wildman–Crippen LogP) is 3.95. The van der Waals surface area contributed by atoms with Crippen LogP contribution in [0.1, 0.15) is 40.0 Å². The lowest BCUT2D eigenvalue weighted by Crippen LogP contribution is -2.01. The number of carbonyl (C=O) groups excluding carboxylic acids is 1. The molecule has 0 aliphatic carbocycles. The van der Waals surface area contributed by atoms with E-state index < -0.39 is 0 Å². The summed E-state index contributed by atoms with van der Waals surface area (Å²) in [6.07, 6.45) is 2.05. The molecule has 0 saturated carbocycles. The minimum absolute atomic E-state index is 0.0226. The summed E-state index contributed by atoms with van der Waals surface area (Å²) in [6, 6.07) is 8.00. The summed E-state index contributed by atoms with van der Waals surface area (Å²) in [5, 5.41) is 8.98. The number of fused-ring (bicyclic) bond motifs is 1. The number of benzene rings is 1. The number of ether oxygens (including phenoxy) is 2. The number of hydrogen-bond donors (Lipinski definition) is 1. The van der Waals surface area contributed by atoms with E-state index in [9.17, 15) is 4.79 Å². The molecule has 2 aromatic heterocycles. The number of aromatic amines is 1. The third-order valence-corrected chi connectivity index (χ3v) is 6.20. The molecular weight excluding hydrogens is 358 g/mol. The van der Waals surface area contributed by atoms with E-state index in [1.165, 1.54) is 30.2 Å². The summed E-state index contributed by atoms with van der Waals surface area (Å²) in [6.45, 7) is 0.775. The van der Waals surface area contributed by atoms with Crippen LogP contribution in [0.2, 0.25) is 0 Å². The van der Waals surface area contributed by atoms with Gasteiger partial charge in [-0.1, -0.05) is 30.0 Å². The third-order valence-electron chi connectivity index (χ3n) is 4.13. The van der Waals surface area contributed by atoms with Crippen molar-refractivity contribution in [2.75, 3.05) is 13.7 Å². The van der Waals surface area contributed by atoms with E-state index >= 15 is 0 Å². The number of H-pyrrole nitrogens is 1. The van der Waals surface area contributed by atoms with Crippen LogP contribution in [0.25, 0.3) is 10.1 Å². The lowest BCUT2D eigenvalue weighted by Gasteiger charge is -2.03. The molecule has 1 N–H and O–H groups in total. The number of esters is 1. The van der Waals surface area contributed by atoms with Crippen LogP contribution < -0.4 is 0 Å². The standard InChI is InChI=1S/C17H17N3O3S2/c1-22-16(21)14-11(10-5-2-3-7-13(10)25-14)9-24-17-18-15(19-20-17)12-6-4-8-23-12/h2-3,5,7,12H,4,6,8-9H2,1H3,(H,18,19,20). The fraction of sp³-hybridized carbons (Fsp3) is 0.353. The van der Waals surface area contributed by atoms with Gasteiger partial charge in [-0.05, 0) is 29.9 Å². The highest BCUT2D eigenvalue weighted by Gasteiger charge is 2.23. The molecule has 1 unspecified atom stereocenters. The van der Waals surface area contributed by atoms with Crippen LogP contribution in [0, 0.1) is 0 Å². The Kier molecular flexibility index (Phi) is 4.74. The van der Waals surface area contributed by atoms with E-state index in [4.69, 9.17) is 9.47 Å². The van der Waals surface area contributed by atoms with Gasteiger partial charge in [-0.15, -0.1) is 16.4 Å². The van der Waals surface area contributed by atoms with Crippen LogP contribution in [-0.4, -0.2) is 34.9 Å². The van der Waals surface area contributed by atoms with Crippen molar-refractivity contribution in [1.82, 2.24) is 15.2 Å². The molecule has 0 bridgehead atoms. The highest BCUT2D eigenvalue weighted by molar-refractivity contribution is 7.98. The van der Waals surface area contributed by atoms with Gasteiger partial charge in [0.05, 0.1) is 7.11 Å². The number of nitrogens with zero attached hydrogens (tertiary/aromatic N) is 2. The number of nitrogens with one attached hydrogen (secondary N) is 1. The van der Waals surface area contributed by atoms with Gasteiger partial charge < -0.3 is 9.47 Å². The normalized spacial score (nSPS) is 17.2. The van der Waals surface area contributed by atoms with Crippen LogP contribution in [0.3, 0.4) is 0 Å². The van der Waals surface area contributed by atoms with E-state index in [2.05, 4.69) is 15.2 Å². The zero-order valence-electron chi connectivity index (χ0n) is 13.7. The van der Waals surface area contributed by atoms with Crippen LogP contribution in [0.4, 0.5) is 0 Å². The number of thioether (sulfide) groups is 1. The maximum Gasteiger partial charge on any atom is 0.348 e. The molecule has 1 atom stereocenters. The molecule has 6 nitrogen and oxygen atoms in total. The Morgan fingerprint density at radius 3 is 3.16 bits per heavy atom. The maximum atomic E-state index is 12.1. The Bertz CT molecular complexity index is 900. The van der Waals surface area contributed by atoms with E-state index in [-0.39, 0.29) is 12.1 Å². The maximum absolute atomic E-state index is 12.1. The first-order chi connectivity index (χ1) is 12.3. The lowest BCUT2D eigenvalue weighted by molar-refractivity contribution is 0.0605. The van der Waals surface area contributed by atoms with Gasteiger partial charge in [0.15, 0.2) is 5.82 Å². The molecule has 1 fully saturated rings. The van der Waals surface area contributed by atoms with Gasteiger partial charge in [0.25, 0.3) is 0 Å². The molecule has 4 rings (SSSR count). The van der Waals surface area contributed by atoms with Gasteiger partial charge in [-0.3, -0.25) is 5.10 Å². The number of aromatic nitrogens is 3. The Balaban J connectivity index is 1.57. The minimum atomic E-state index is -0.299. The largest absolute Gasteiger partial charge is 0.465 e. The average molecular weight is 375 g/mol.